The first-order valence-corrected chi connectivity index (χ1v) is 39.3. The number of hydrogen-bond donors (Lipinski definition) is 12. The van der Waals surface area contributed by atoms with Crippen LogP contribution in [-0.4, -0.2) is 282 Å². The lowest BCUT2D eigenvalue weighted by Crippen LogP contribution is -2.65. The number of carbonyl (C=O) groups is 2. The standard InChI is InChI=1S/C45H62N2O12.C38H52N2O11/c1-26-10-7-12-28(40(26)54-4)16-18-34-45(2,3)36-29-13-6-5-11-27(29)15-17-30(36)47(34)21-19-35(50)46-20-9-23-56-41-31-14-8-22-55-42-32(24-48)58-44(38(52)37(42)51)59-43(39(41)53)33(25-49)57-31;1-4-9-28-38(2,3)30-23-11-6-5-10-22(23)13-14-24(30)40(28)17-15-29(43)39-16-8-19-48-36-33(46)34-26(20-41)50-37(36)51-35-27(21-42)49-25(12-7-18-47-34)31(44)32(35)45/h5-6,11,13,15-18,31-33,37-39,41-44,48-49,51-53H,7-10,12,14,19-25H2,1-4H3,(H,46,50);4-6,9-11,13-14,25-27,31-37,41-42,44-46H,7-8,12,15-21H2,1-3H3/p+1/b28-16+,34-18+;9-4+/t31-,32-,33-,37-,38-,39-,41+,42-,43-,44?;25-,26-,27-,31+,32-,33+,34-,35?,36-,37-/m11/s1. The Morgan fingerprint density at radius 3 is 1.77 bits per heavy atom. The predicted molar refractivity (Wildman–Crippen MR) is 406 cm³/mol. The van der Waals surface area contributed by atoms with Crippen molar-refractivity contribution in [2.75, 3.05) is 91.0 Å². The summed E-state index contributed by atoms with van der Waals surface area (Å²) >= 11 is 0. The number of rotatable bonds is 23. The Labute approximate surface area is 643 Å². The Bertz CT molecular complexity index is 3950. The third-order valence-corrected chi connectivity index (χ3v) is 23.2. The van der Waals surface area contributed by atoms with E-state index in [4.69, 9.17) is 52.1 Å². The molecule has 8 bridgehead atoms. The number of amides is 2. The lowest BCUT2D eigenvalue weighted by Gasteiger charge is -2.47. The molecule has 0 aromatic heterocycles. The molecule has 27 heteroatoms. The maximum absolute atomic E-state index is 13.4. The Morgan fingerprint density at radius 1 is 0.582 bits per heavy atom. The number of nitrogens with zero attached hydrogens (tertiary/aromatic N) is 2. The summed E-state index contributed by atoms with van der Waals surface area (Å²) in [5, 5.41) is 117. The highest BCUT2D eigenvalue weighted by molar-refractivity contribution is 6.07. The molecule has 4 aromatic rings. The first kappa shape index (κ1) is 83.2. The second-order valence-corrected chi connectivity index (χ2v) is 31.1. The minimum absolute atomic E-state index is 0.0947. The lowest BCUT2D eigenvalue weighted by molar-refractivity contribution is -0.436. The maximum atomic E-state index is 13.4. The summed E-state index contributed by atoms with van der Waals surface area (Å²) in [6, 6.07) is 25.4. The van der Waals surface area contributed by atoms with Gasteiger partial charge in [0.2, 0.25) is 17.5 Å². The molecule has 15 aliphatic rings. The topological polar surface area (TPSA) is 368 Å². The first-order chi connectivity index (χ1) is 53.1. The van der Waals surface area contributed by atoms with Crippen molar-refractivity contribution < 1.29 is 117 Å². The van der Waals surface area contributed by atoms with Gasteiger partial charge in [0, 0.05) is 87.0 Å². The van der Waals surface area contributed by atoms with Gasteiger partial charge in [0.25, 0.3) is 0 Å². The van der Waals surface area contributed by atoms with E-state index in [1.165, 1.54) is 43.8 Å². The highest BCUT2D eigenvalue weighted by Gasteiger charge is 2.55. The van der Waals surface area contributed by atoms with Crippen LogP contribution in [0.2, 0.25) is 0 Å². The molecule has 2 amide bonds. The molecular formula is C83H115N4O23+. The molecule has 14 heterocycles. The van der Waals surface area contributed by atoms with E-state index in [1.54, 1.807) is 7.11 Å². The lowest BCUT2D eigenvalue weighted by atomic mass is 9.79. The van der Waals surface area contributed by atoms with E-state index < -0.39 is 149 Å². The number of anilines is 1. The molecule has 2 unspecified atom stereocenters. The summed E-state index contributed by atoms with van der Waals surface area (Å²) in [5.41, 5.74) is 8.84. The average Bonchev–Trinajstić information content (AvgIpc) is 1.57. The van der Waals surface area contributed by atoms with E-state index >= 15 is 0 Å². The van der Waals surface area contributed by atoms with E-state index in [1.807, 2.05) is 19.1 Å². The molecule has 27 nitrogen and oxygen atoms in total. The Morgan fingerprint density at radius 2 is 1.13 bits per heavy atom. The van der Waals surface area contributed by atoms with Gasteiger partial charge in [0.05, 0.1) is 57.6 Å². The minimum Gasteiger partial charge on any atom is -0.497 e. The average molecular weight is 1540 g/mol. The Balaban J connectivity index is 0.000000207. The molecule has 110 heavy (non-hydrogen) atoms. The van der Waals surface area contributed by atoms with Gasteiger partial charge < -0.3 is 119 Å². The number of hydrogen-bond acceptors (Lipinski definition) is 24. The fourth-order valence-corrected chi connectivity index (χ4v) is 17.6. The smallest absolute Gasteiger partial charge is 0.226 e. The molecular weight excluding hydrogens is 1420 g/mol. The van der Waals surface area contributed by atoms with Gasteiger partial charge in [-0.15, -0.1) is 0 Å². The Hall–Kier alpha value is -6.23. The van der Waals surface area contributed by atoms with Crippen LogP contribution in [0, 0.1) is 0 Å². The van der Waals surface area contributed by atoms with E-state index in [0.717, 1.165) is 47.8 Å². The molecule has 604 valence electrons. The summed E-state index contributed by atoms with van der Waals surface area (Å²) in [4.78, 5) is 28.7. The second-order valence-electron chi connectivity index (χ2n) is 31.1. The maximum Gasteiger partial charge on any atom is 0.226 e. The van der Waals surface area contributed by atoms with Crippen LogP contribution < -0.4 is 15.5 Å². The number of aliphatic hydroxyl groups is 10. The highest BCUT2D eigenvalue weighted by Crippen LogP contribution is 2.52. The SMILES string of the molecule is C/C=C/C1=[N+](CCC(=O)NCCCO[C@H]2[C@H]3OC4[C@@H](CO)O[C@H](CCCO[C@@H]([C@@H]2O)[C@@H](CO)O3)[C@H](O)[C@H]4O)c2ccc3ccccc3c2C1(C)C.COC1=C(C)CCC/C1=C\C=C1\N(CCC(=O)NCCCO[C@@H]2[C@@H](O)[C@@H]3OC4O[C@H](CO)[C@@H](OCCC[C@H]2O[C@@H]3CO)[C@H](O)[C@H]4O)c2ccc3ccccc3c2C1(C)C. The van der Waals surface area contributed by atoms with Crippen LogP contribution >= 0.6 is 0 Å². The van der Waals surface area contributed by atoms with Gasteiger partial charge in [-0.2, -0.15) is 4.58 Å². The van der Waals surface area contributed by atoms with Gasteiger partial charge in [0.1, 0.15) is 103 Å². The number of ether oxygens (including phenoxy) is 11. The van der Waals surface area contributed by atoms with Gasteiger partial charge in [-0.1, -0.05) is 80.6 Å². The molecule has 14 aliphatic heterocycles. The number of carbonyl (C=O) groups excluding carboxylic acids is 2. The summed E-state index contributed by atoms with van der Waals surface area (Å²) in [6.45, 7) is 13.4. The summed E-state index contributed by atoms with van der Waals surface area (Å²) in [7, 11) is 1.74. The van der Waals surface area contributed by atoms with Crippen molar-refractivity contribution in [3.05, 3.63) is 131 Å². The van der Waals surface area contributed by atoms with Crippen LogP contribution in [0.15, 0.2) is 120 Å². The second kappa shape index (κ2) is 37.4. The molecule has 20 atom stereocenters. The predicted octanol–water partition coefficient (Wildman–Crippen LogP) is 4.45. The molecule has 12 saturated heterocycles. The number of fused-ring (bicyclic) bond motifs is 6. The molecule has 0 spiro atoms. The van der Waals surface area contributed by atoms with Crippen LogP contribution in [0.3, 0.4) is 0 Å². The van der Waals surface area contributed by atoms with Crippen molar-refractivity contribution in [3.8, 4) is 0 Å². The third kappa shape index (κ3) is 17.7. The van der Waals surface area contributed by atoms with Crippen molar-refractivity contribution in [3.63, 3.8) is 0 Å². The zero-order valence-electron chi connectivity index (χ0n) is 64.2. The fraction of sp³-hybridized carbons (Fsp3) is 0.627. The normalized spacial score (nSPS) is 33.6. The van der Waals surface area contributed by atoms with Gasteiger partial charge in [-0.3, -0.25) is 9.59 Å². The molecule has 4 aromatic carbocycles. The zero-order valence-corrected chi connectivity index (χ0v) is 64.2. The summed E-state index contributed by atoms with van der Waals surface area (Å²) in [5.74, 6) is 0.768. The van der Waals surface area contributed by atoms with E-state index in [-0.39, 0.29) is 61.9 Å². The van der Waals surface area contributed by atoms with Gasteiger partial charge in [0.15, 0.2) is 24.8 Å². The van der Waals surface area contributed by atoms with Crippen LogP contribution in [-0.2, 0) is 72.5 Å². The fourth-order valence-electron chi connectivity index (χ4n) is 17.6. The Kier molecular flexibility index (Phi) is 28.3. The van der Waals surface area contributed by atoms with Crippen LogP contribution in [0.4, 0.5) is 11.4 Å². The number of nitrogens with one attached hydrogen (secondary N) is 2. The van der Waals surface area contributed by atoms with E-state index in [9.17, 15) is 60.7 Å². The minimum atomic E-state index is -1.55. The van der Waals surface area contributed by atoms with Gasteiger partial charge in [-0.25, -0.2) is 0 Å². The van der Waals surface area contributed by atoms with Crippen molar-refractivity contribution in [2.45, 2.75) is 245 Å². The van der Waals surface area contributed by atoms with Crippen molar-refractivity contribution in [1.29, 1.82) is 0 Å². The van der Waals surface area contributed by atoms with Gasteiger partial charge >= 0.3 is 0 Å². The quantitative estimate of drug-likeness (QED) is 0.0360. The number of aliphatic hydroxyl groups excluding tert-OH is 10. The first-order valence-electron chi connectivity index (χ1n) is 39.3. The van der Waals surface area contributed by atoms with Crippen molar-refractivity contribution in [2.24, 2.45) is 0 Å². The number of methoxy groups -OCH3 is 1. The molecule has 19 rings (SSSR count). The van der Waals surface area contributed by atoms with Gasteiger partial charge in [-0.05, 0) is 142 Å². The van der Waals surface area contributed by atoms with E-state index in [0.29, 0.717) is 64.7 Å². The summed E-state index contributed by atoms with van der Waals surface area (Å²) in [6.07, 6.45) is -7.79. The van der Waals surface area contributed by atoms with Crippen molar-refractivity contribution >= 4 is 50.4 Å². The molecule has 0 radical (unpaired) electrons. The largest absolute Gasteiger partial charge is 0.497 e. The number of benzene rings is 4. The monoisotopic (exact) mass is 1540 g/mol. The third-order valence-electron chi connectivity index (χ3n) is 23.2. The molecule has 12 fully saturated rings. The molecule has 0 saturated carbocycles. The molecule has 12 N–H and O–H groups in total. The molecule has 1 aliphatic carbocycles. The van der Waals surface area contributed by atoms with Crippen LogP contribution in [0.1, 0.15) is 123 Å². The summed E-state index contributed by atoms with van der Waals surface area (Å²) < 4.78 is 67.9. The van der Waals surface area contributed by atoms with Crippen LogP contribution in [0.25, 0.3) is 21.5 Å². The zero-order chi connectivity index (χ0) is 78.1. The number of allylic oxidation sites excluding steroid dienone is 7. The van der Waals surface area contributed by atoms with Crippen LogP contribution in [0.5, 0.6) is 0 Å². The van der Waals surface area contributed by atoms with E-state index in [2.05, 4.69) is 140 Å². The highest BCUT2D eigenvalue weighted by atomic mass is 16.7. The van der Waals surface area contributed by atoms with Crippen molar-refractivity contribution in [1.82, 2.24) is 10.6 Å².